The number of nitrogen functional groups attached to an aromatic ring is 1. The number of nitrogens with two attached hydrogens (primary N) is 1. The number of aromatic nitrogens is 2. The molecule has 1 aromatic heterocycles. The molecule has 0 bridgehead atoms. The van der Waals surface area contributed by atoms with Gasteiger partial charge in [-0.05, 0) is 18.2 Å². The Morgan fingerprint density at radius 1 is 1.26 bits per heavy atom. The minimum atomic E-state index is 0.623. The summed E-state index contributed by atoms with van der Waals surface area (Å²) >= 11 is 0. The number of hydrogen-bond donors (Lipinski definition) is 1. The molecule has 1 aromatic carbocycles. The molecular formula is C14H21N3O2. The Morgan fingerprint density at radius 3 is 2.84 bits per heavy atom. The van der Waals surface area contributed by atoms with Crippen LogP contribution in [0.1, 0.15) is 12.7 Å². The zero-order valence-corrected chi connectivity index (χ0v) is 11.6. The van der Waals surface area contributed by atoms with Crippen LogP contribution in [0.5, 0.6) is 0 Å². The second-order valence-corrected chi connectivity index (χ2v) is 4.39. The zero-order chi connectivity index (χ0) is 13.7. The van der Waals surface area contributed by atoms with Crippen molar-refractivity contribution in [2.75, 3.05) is 32.7 Å². The van der Waals surface area contributed by atoms with E-state index in [0.717, 1.165) is 35.5 Å². The number of ether oxygens (including phenoxy) is 2. The van der Waals surface area contributed by atoms with E-state index in [9.17, 15) is 0 Å². The maximum atomic E-state index is 5.79. The van der Waals surface area contributed by atoms with E-state index in [1.807, 2.05) is 18.2 Å². The van der Waals surface area contributed by atoms with Gasteiger partial charge in [0.15, 0.2) is 0 Å². The lowest BCUT2D eigenvalue weighted by Crippen LogP contribution is -2.11. The summed E-state index contributed by atoms with van der Waals surface area (Å²) in [4.78, 5) is 4.61. The summed E-state index contributed by atoms with van der Waals surface area (Å²) in [6.45, 7) is 4.81. The van der Waals surface area contributed by atoms with Gasteiger partial charge in [0.25, 0.3) is 0 Å². The molecule has 0 aliphatic carbocycles. The molecule has 104 valence electrons. The van der Waals surface area contributed by atoms with Crippen LogP contribution in [-0.4, -0.2) is 36.5 Å². The Hall–Kier alpha value is -1.59. The highest BCUT2D eigenvalue weighted by atomic mass is 16.5. The van der Waals surface area contributed by atoms with Crippen molar-refractivity contribution in [3.63, 3.8) is 0 Å². The summed E-state index contributed by atoms with van der Waals surface area (Å²) < 4.78 is 12.7. The molecule has 5 nitrogen and oxygen atoms in total. The number of imidazole rings is 1. The molecule has 5 heteroatoms. The van der Waals surface area contributed by atoms with E-state index >= 15 is 0 Å². The van der Waals surface area contributed by atoms with Gasteiger partial charge in [-0.15, -0.1) is 0 Å². The Morgan fingerprint density at radius 2 is 2.11 bits per heavy atom. The van der Waals surface area contributed by atoms with Crippen molar-refractivity contribution in [3.05, 3.63) is 24.0 Å². The van der Waals surface area contributed by atoms with Gasteiger partial charge < -0.3 is 19.8 Å². The predicted octanol–water partition coefficient (Wildman–Crippen LogP) is 1.84. The maximum absolute atomic E-state index is 5.79. The molecule has 0 fully saturated rings. The van der Waals surface area contributed by atoms with Gasteiger partial charge in [0.1, 0.15) is 5.82 Å². The van der Waals surface area contributed by atoms with E-state index in [0.29, 0.717) is 19.8 Å². The van der Waals surface area contributed by atoms with E-state index in [2.05, 4.69) is 16.5 Å². The molecule has 1 heterocycles. The standard InChI is InChI=1S/C14H21N3O2/c1-3-14-16-12-10-11(15)4-5-13(12)17(14)6-7-19-9-8-18-2/h4-5,10H,3,6-9,15H2,1-2H3. The third-order valence-electron chi connectivity index (χ3n) is 3.06. The molecule has 2 aromatic rings. The number of anilines is 1. The van der Waals surface area contributed by atoms with E-state index < -0.39 is 0 Å². The number of nitrogens with zero attached hydrogens (tertiary/aromatic N) is 2. The third-order valence-corrected chi connectivity index (χ3v) is 3.06. The number of rotatable bonds is 7. The van der Waals surface area contributed by atoms with E-state index in [1.165, 1.54) is 0 Å². The second-order valence-electron chi connectivity index (χ2n) is 4.39. The first-order chi connectivity index (χ1) is 9.26. The molecule has 0 amide bonds. The molecule has 2 N–H and O–H groups in total. The average molecular weight is 263 g/mol. The number of benzene rings is 1. The Bertz CT molecular complexity index is 537. The number of hydrogen-bond acceptors (Lipinski definition) is 4. The summed E-state index contributed by atoms with van der Waals surface area (Å²) in [7, 11) is 1.67. The van der Waals surface area contributed by atoms with Crippen molar-refractivity contribution in [3.8, 4) is 0 Å². The average Bonchev–Trinajstić information content (AvgIpc) is 2.75. The van der Waals surface area contributed by atoms with Crippen molar-refractivity contribution in [1.29, 1.82) is 0 Å². The fourth-order valence-corrected chi connectivity index (χ4v) is 2.12. The summed E-state index contributed by atoms with van der Waals surface area (Å²) in [5.41, 5.74) is 8.60. The highest BCUT2D eigenvalue weighted by Crippen LogP contribution is 2.19. The predicted molar refractivity (Wildman–Crippen MR) is 76.2 cm³/mol. The Balaban J connectivity index is 2.11. The molecule has 0 saturated heterocycles. The lowest BCUT2D eigenvalue weighted by atomic mass is 10.3. The van der Waals surface area contributed by atoms with Gasteiger partial charge in [0.05, 0.1) is 30.9 Å². The van der Waals surface area contributed by atoms with Gasteiger partial charge >= 0.3 is 0 Å². The van der Waals surface area contributed by atoms with Gasteiger partial charge in [0, 0.05) is 25.8 Å². The summed E-state index contributed by atoms with van der Waals surface area (Å²) in [5, 5.41) is 0. The fraction of sp³-hybridized carbons (Fsp3) is 0.500. The quantitative estimate of drug-likeness (QED) is 0.611. The topological polar surface area (TPSA) is 62.3 Å². The maximum Gasteiger partial charge on any atom is 0.109 e. The minimum Gasteiger partial charge on any atom is -0.399 e. The van der Waals surface area contributed by atoms with Gasteiger partial charge in [0.2, 0.25) is 0 Å². The van der Waals surface area contributed by atoms with Crippen LogP contribution in [0.15, 0.2) is 18.2 Å². The van der Waals surface area contributed by atoms with Gasteiger partial charge in [-0.2, -0.15) is 0 Å². The van der Waals surface area contributed by atoms with Crippen molar-refractivity contribution in [2.24, 2.45) is 0 Å². The van der Waals surface area contributed by atoms with Crippen LogP contribution in [0.4, 0.5) is 5.69 Å². The molecule has 0 spiro atoms. The lowest BCUT2D eigenvalue weighted by molar-refractivity contribution is 0.0667. The van der Waals surface area contributed by atoms with Crippen molar-refractivity contribution in [1.82, 2.24) is 9.55 Å². The summed E-state index contributed by atoms with van der Waals surface area (Å²) in [6, 6.07) is 5.84. The number of aryl methyl sites for hydroxylation is 1. The highest BCUT2D eigenvalue weighted by Gasteiger charge is 2.09. The first-order valence-corrected chi connectivity index (χ1v) is 6.57. The first-order valence-electron chi connectivity index (χ1n) is 6.57. The van der Waals surface area contributed by atoms with Crippen LogP contribution in [-0.2, 0) is 22.4 Å². The molecular weight excluding hydrogens is 242 g/mol. The molecule has 19 heavy (non-hydrogen) atoms. The van der Waals surface area contributed by atoms with E-state index in [1.54, 1.807) is 7.11 Å². The molecule has 0 radical (unpaired) electrons. The Kier molecular flexibility index (Phi) is 4.76. The molecule has 0 unspecified atom stereocenters. The largest absolute Gasteiger partial charge is 0.399 e. The van der Waals surface area contributed by atoms with Crippen LogP contribution in [0, 0.1) is 0 Å². The fourth-order valence-electron chi connectivity index (χ4n) is 2.12. The molecule has 0 aliphatic rings. The SMILES string of the molecule is CCc1nc2cc(N)ccc2n1CCOCCOC. The molecule has 2 rings (SSSR count). The number of methoxy groups -OCH3 is 1. The molecule has 0 aliphatic heterocycles. The number of fused-ring (bicyclic) bond motifs is 1. The summed E-state index contributed by atoms with van der Waals surface area (Å²) in [6.07, 6.45) is 0.895. The molecule has 0 saturated carbocycles. The van der Waals surface area contributed by atoms with E-state index in [4.69, 9.17) is 15.2 Å². The van der Waals surface area contributed by atoms with Crippen LogP contribution in [0.2, 0.25) is 0 Å². The van der Waals surface area contributed by atoms with Crippen LogP contribution < -0.4 is 5.73 Å². The van der Waals surface area contributed by atoms with Gasteiger partial charge in [-0.3, -0.25) is 0 Å². The highest BCUT2D eigenvalue weighted by molar-refractivity contribution is 5.79. The second kappa shape index (κ2) is 6.54. The molecule has 0 atom stereocenters. The third kappa shape index (κ3) is 3.24. The van der Waals surface area contributed by atoms with Crippen LogP contribution >= 0.6 is 0 Å². The Labute approximate surface area is 113 Å². The summed E-state index contributed by atoms with van der Waals surface area (Å²) in [5.74, 6) is 1.07. The van der Waals surface area contributed by atoms with Crippen molar-refractivity contribution in [2.45, 2.75) is 19.9 Å². The van der Waals surface area contributed by atoms with Crippen LogP contribution in [0.25, 0.3) is 11.0 Å². The normalized spacial score (nSPS) is 11.3. The lowest BCUT2D eigenvalue weighted by Gasteiger charge is -2.08. The van der Waals surface area contributed by atoms with Crippen molar-refractivity contribution >= 4 is 16.7 Å². The van der Waals surface area contributed by atoms with Crippen LogP contribution in [0.3, 0.4) is 0 Å². The zero-order valence-electron chi connectivity index (χ0n) is 11.6. The first kappa shape index (κ1) is 13.8. The minimum absolute atomic E-state index is 0.623. The van der Waals surface area contributed by atoms with E-state index in [-0.39, 0.29) is 0 Å². The monoisotopic (exact) mass is 263 g/mol. The van der Waals surface area contributed by atoms with Gasteiger partial charge in [-0.1, -0.05) is 6.92 Å². The smallest absolute Gasteiger partial charge is 0.109 e. The van der Waals surface area contributed by atoms with Crippen molar-refractivity contribution < 1.29 is 9.47 Å². The van der Waals surface area contributed by atoms with Gasteiger partial charge in [-0.25, -0.2) is 4.98 Å².